The molecule has 4 heteroatoms. The molecule has 0 spiro atoms. The van der Waals surface area contributed by atoms with Crippen LogP contribution in [0.2, 0.25) is 0 Å². The molecule has 1 heterocycles. The fourth-order valence-electron chi connectivity index (χ4n) is 1.90. The van der Waals surface area contributed by atoms with Crippen LogP contribution in [0.15, 0.2) is 18.5 Å². The minimum absolute atomic E-state index is 0.116. The van der Waals surface area contributed by atoms with Crippen molar-refractivity contribution in [2.45, 2.75) is 39.3 Å². The van der Waals surface area contributed by atoms with Gasteiger partial charge in [0.05, 0.1) is 0 Å². The average molecular weight is 249 g/mol. The molecule has 0 radical (unpaired) electrons. The van der Waals surface area contributed by atoms with Gasteiger partial charge in [0.1, 0.15) is 6.54 Å². The molecule has 2 rings (SSSR count). The molecule has 4 nitrogen and oxygen atoms in total. The third-order valence-corrected chi connectivity index (χ3v) is 3.18. The highest BCUT2D eigenvalue weighted by atomic mass is 16.1. The maximum absolute atomic E-state index is 11.7. The van der Waals surface area contributed by atoms with Crippen LogP contribution in [0.1, 0.15) is 31.7 Å². The monoisotopic (exact) mass is 249 g/mol. The lowest BCUT2D eigenvalue weighted by Crippen LogP contribution is -2.28. The van der Waals surface area contributed by atoms with E-state index in [0.29, 0.717) is 6.54 Å². The Morgan fingerprint density at radius 1 is 1.50 bits per heavy atom. The third kappa shape index (κ3) is 4.53. The molecule has 2 N–H and O–H groups in total. The van der Waals surface area contributed by atoms with Crippen LogP contribution in [-0.2, 0) is 17.9 Å². The van der Waals surface area contributed by atoms with E-state index in [0.717, 1.165) is 32.0 Å². The summed E-state index contributed by atoms with van der Waals surface area (Å²) in [7, 11) is 0. The number of nitrogens with zero attached hydrogens (tertiary/aromatic N) is 1. The molecule has 0 saturated heterocycles. The zero-order valence-corrected chi connectivity index (χ0v) is 11.1. The van der Waals surface area contributed by atoms with Crippen LogP contribution in [0, 0.1) is 5.92 Å². The van der Waals surface area contributed by atoms with Gasteiger partial charge in [-0.05, 0) is 43.4 Å². The number of rotatable bonds is 8. The first-order chi connectivity index (χ1) is 8.78. The second-order valence-corrected chi connectivity index (χ2v) is 5.12. The second kappa shape index (κ2) is 6.59. The summed E-state index contributed by atoms with van der Waals surface area (Å²) < 4.78 is 1.95. The summed E-state index contributed by atoms with van der Waals surface area (Å²) in [4.78, 5) is 11.7. The lowest BCUT2D eigenvalue weighted by atomic mass is 10.3. The summed E-state index contributed by atoms with van der Waals surface area (Å²) in [5.41, 5.74) is 1.23. The van der Waals surface area contributed by atoms with Gasteiger partial charge in [0.2, 0.25) is 5.91 Å². The average Bonchev–Trinajstić information content (AvgIpc) is 3.09. The van der Waals surface area contributed by atoms with Crippen LogP contribution >= 0.6 is 0 Å². The van der Waals surface area contributed by atoms with E-state index in [1.165, 1.54) is 18.4 Å². The van der Waals surface area contributed by atoms with E-state index < -0.39 is 0 Å². The van der Waals surface area contributed by atoms with Gasteiger partial charge in [-0.2, -0.15) is 0 Å². The minimum atomic E-state index is 0.116. The Labute approximate surface area is 109 Å². The topological polar surface area (TPSA) is 46.1 Å². The minimum Gasteiger partial charge on any atom is -0.354 e. The Bertz CT molecular complexity index is 382. The highest BCUT2D eigenvalue weighted by molar-refractivity contribution is 5.75. The molecule has 100 valence electrons. The van der Waals surface area contributed by atoms with Gasteiger partial charge >= 0.3 is 0 Å². The summed E-state index contributed by atoms with van der Waals surface area (Å²) in [5, 5.41) is 6.33. The van der Waals surface area contributed by atoms with Gasteiger partial charge in [-0.3, -0.25) is 4.79 Å². The van der Waals surface area contributed by atoms with Gasteiger partial charge in [-0.15, -0.1) is 0 Å². The Morgan fingerprint density at radius 3 is 3.06 bits per heavy atom. The summed E-state index contributed by atoms with van der Waals surface area (Å²) in [5.74, 6) is 0.859. The van der Waals surface area contributed by atoms with Crippen molar-refractivity contribution in [3.8, 4) is 0 Å². The standard InChI is InChI=1S/C14H23N3O/c1-2-6-15-8-13-5-7-17(10-13)11-14(18)16-9-12-3-4-12/h5,7,10,12,15H,2-4,6,8-9,11H2,1H3,(H,16,18). The van der Waals surface area contributed by atoms with Gasteiger partial charge in [0, 0.05) is 25.5 Å². The molecule has 0 unspecified atom stereocenters. The highest BCUT2D eigenvalue weighted by Crippen LogP contribution is 2.27. The van der Waals surface area contributed by atoms with E-state index in [9.17, 15) is 4.79 Å². The molecular formula is C14H23N3O. The number of carbonyl (C=O) groups excluding carboxylic acids is 1. The SMILES string of the molecule is CCCNCc1ccn(CC(=O)NCC2CC2)c1. The fraction of sp³-hybridized carbons (Fsp3) is 0.643. The Morgan fingerprint density at radius 2 is 2.33 bits per heavy atom. The summed E-state index contributed by atoms with van der Waals surface area (Å²) in [6.45, 7) is 5.35. The molecule has 1 aromatic heterocycles. The van der Waals surface area contributed by atoms with E-state index in [4.69, 9.17) is 0 Å². The summed E-state index contributed by atoms with van der Waals surface area (Å²) >= 11 is 0. The van der Waals surface area contributed by atoms with E-state index in [1.54, 1.807) is 0 Å². The number of hydrogen-bond donors (Lipinski definition) is 2. The molecular weight excluding hydrogens is 226 g/mol. The van der Waals surface area contributed by atoms with Crippen molar-refractivity contribution in [2.75, 3.05) is 13.1 Å². The first kappa shape index (κ1) is 13.1. The second-order valence-electron chi connectivity index (χ2n) is 5.12. The van der Waals surface area contributed by atoms with Crippen molar-refractivity contribution >= 4 is 5.91 Å². The maximum Gasteiger partial charge on any atom is 0.239 e. The Kier molecular flexibility index (Phi) is 4.81. The van der Waals surface area contributed by atoms with Crippen molar-refractivity contribution in [3.05, 3.63) is 24.0 Å². The Balaban J connectivity index is 1.69. The highest BCUT2D eigenvalue weighted by Gasteiger charge is 2.21. The van der Waals surface area contributed by atoms with E-state index >= 15 is 0 Å². The molecule has 1 aliphatic rings. The van der Waals surface area contributed by atoms with Crippen LogP contribution in [-0.4, -0.2) is 23.6 Å². The van der Waals surface area contributed by atoms with Crippen LogP contribution in [0.3, 0.4) is 0 Å². The normalized spacial score (nSPS) is 14.7. The van der Waals surface area contributed by atoms with Gasteiger partial charge in [0.15, 0.2) is 0 Å². The largest absolute Gasteiger partial charge is 0.354 e. The van der Waals surface area contributed by atoms with Crippen molar-refractivity contribution in [1.29, 1.82) is 0 Å². The number of carbonyl (C=O) groups is 1. The number of amides is 1. The van der Waals surface area contributed by atoms with Crippen molar-refractivity contribution in [2.24, 2.45) is 5.92 Å². The molecule has 0 aliphatic heterocycles. The van der Waals surface area contributed by atoms with Gasteiger partial charge < -0.3 is 15.2 Å². The first-order valence-electron chi connectivity index (χ1n) is 6.90. The predicted molar refractivity (Wildman–Crippen MR) is 72.2 cm³/mol. The van der Waals surface area contributed by atoms with Crippen LogP contribution < -0.4 is 10.6 Å². The molecule has 0 aromatic carbocycles. The Hall–Kier alpha value is -1.29. The number of aromatic nitrogens is 1. The molecule has 1 saturated carbocycles. The van der Waals surface area contributed by atoms with Gasteiger partial charge in [0.25, 0.3) is 0 Å². The van der Waals surface area contributed by atoms with Crippen LogP contribution in [0.5, 0.6) is 0 Å². The van der Waals surface area contributed by atoms with Crippen LogP contribution in [0.25, 0.3) is 0 Å². The maximum atomic E-state index is 11.7. The smallest absolute Gasteiger partial charge is 0.239 e. The van der Waals surface area contributed by atoms with E-state index in [-0.39, 0.29) is 5.91 Å². The predicted octanol–water partition coefficient (Wildman–Crippen LogP) is 1.51. The quantitative estimate of drug-likeness (QED) is 0.686. The van der Waals surface area contributed by atoms with Crippen molar-refractivity contribution in [1.82, 2.24) is 15.2 Å². The van der Waals surface area contributed by atoms with Crippen LogP contribution in [0.4, 0.5) is 0 Å². The van der Waals surface area contributed by atoms with E-state index in [1.807, 2.05) is 17.0 Å². The first-order valence-corrected chi connectivity index (χ1v) is 6.90. The van der Waals surface area contributed by atoms with Crippen molar-refractivity contribution < 1.29 is 4.79 Å². The zero-order valence-electron chi connectivity index (χ0n) is 11.1. The molecule has 0 atom stereocenters. The molecule has 1 aromatic rings. The summed E-state index contributed by atoms with van der Waals surface area (Å²) in [6.07, 6.45) is 7.71. The molecule has 1 aliphatic carbocycles. The third-order valence-electron chi connectivity index (χ3n) is 3.18. The van der Waals surface area contributed by atoms with E-state index in [2.05, 4.69) is 23.6 Å². The molecule has 0 bridgehead atoms. The zero-order chi connectivity index (χ0) is 12.8. The van der Waals surface area contributed by atoms with Gasteiger partial charge in [-0.1, -0.05) is 6.92 Å². The molecule has 1 amide bonds. The lowest BCUT2D eigenvalue weighted by Gasteiger charge is -2.05. The van der Waals surface area contributed by atoms with Crippen molar-refractivity contribution in [3.63, 3.8) is 0 Å². The molecule has 18 heavy (non-hydrogen) atoms. The summed E-state index contributed by atoms with van der Waals surface area (Å²) in [6, 6.07) is 2.07. The number of hydrogen-bond acceptors (Lipinski definition) is 2. The lowest BCUT2D eigenvalue weighted by molar-refractivity contribution is -0.121. The fourth-order valence-corrected chi connectivity index (χ4v) is 1.90. The number of nitrogens with one attached hydrogen (secondary N) is 2. The molecule has 1 fully saturated rings. The van der Waals surface area contributed by atoms with Gasteiger partial charge in [-0.25, -0.2) is 0 Å².